The van der Waals surface area contributed by atoms with Crippen molar-refractivity contribution in [2.24, 2.45) is 35.3 Å². The Kier molecular flexibility index (Phi) is 8.00. The number of fused-ring (bicyclic) bond motifs is 2. The molecule has 0 radical (unpaired) electrons. The zero-order chi connectivity index (χ0) is 20.9. The minimum absolute atomic E-state index is 0.204. The van der Waals surface area contributed by atoms with Crippen molar-refractivity contribution in [3.8, 4) is 5.75 Å². The summed E-state index contributed by atoms with van der Waals surface area (Å²) in [5, 5.41) is 18.6. The molecule has 0 heterocycles. The molecule has 0 aromatic heterocycles. The van der Waals surface area contributed by atoms with Gasteiger partial charge in [-0.3, -0.25) is 0 Å². The lowest BCUT2D eigenvalue weighted by atomic mass is 9.59. The molecule has 1 aromatic rings. The zero-order valence-electron chi connectivity index (χ0n) is 18.4. The fraction of sp³-hybridized carbons (Fsp3) is 0.760. The number of rotatable bonds is 10. The Morgan fingerprint density at radius 1 is 1.03 bits per heavy atom. The van der Waals surface area contributed by atoms with Gasteiger partial charge in [0.15, 0.2) is 0 Å². The van der Waals surface area contributed by atoms with Gasteiger partial charge in [0.25, 0.3) is 0 Å². The number of hydrogen-bond donors (Lipinski definition) is 3. The summed E-state index contributed by atoms with van der Waals surface area (Å²) >= 11 is 0. The van der Waals surface area contributed by atoms with Gasteiger partial charge in [0, 0.05) is 0 Å². The van der Waals surface area contributed by atoms with E-state index in [0.29, 0.717) is 6.42 Å². The van der Waals surface area contributed by atoms with Crippen LogP contribution in [0.2, 0.25) is 0 Å². The third-order valence-electron chi connectivity index (χ3n) is 7.53. The maximum absolute atomic E-state index is 9.29. The van der Waals surface area contributed by atoms with Crippen molar-refractivity contribution in [1.82, 2.24) is 0 Å². The van der Waals surface area contributed by atoms with Gasteiger partial charge in [0.2, 0.25) is 0 Å². The maximum atomic E-state index is 9.29. The lowest BCUT2D eigenvalue weighted by molar-refractivity contribution is 0.0390. The fourth-order valence-corrected chi connectivity index (χ4v) is 5.89. The molecule has 2 bridgehead atoms. The second-order valence-electron chi connectivity index (χ2n) is 10.1. The molecule has 2 fully saturated rings. The fourth-order valence-electron chi connectivity index (χ4n) is 5.89. The number of hydrogen-bond acceptors (Lipinski definition) is 4. The van der Waals surface area contributed by atoms with Crippen LogP contribution < -0.4 is 10.5 Å². The van der Waals surface area contributed by atoms with Gasteiger partial charge < -0.3 is 20.7 Å². The molecule has 29 heavy (non-hydrogen) atoms. The third-order valence-corrected chi connectivity index (χ3v) is 7.53. The van der Waals surface area contributed by atoms with E-state index in [-0.39, 0.29) is 13.2 Å². The summed E-state index contributed by atoms with van der Waals surface area (Å²) in [6.07, 6.45) is 9.52. The molecule has 1 aromatic carbocycles. The highest BCUT2D eigenvalue weighted by Gasteiger charge is 2.39. The van der Waals surface area contributed by atoms with E-state index in [1.807, 2.05) is 12.1 Å². The summed E-state index contributed by atoms with van der Waals surface area (Å²) in [5.74, 6) is 5.53. The van der Waals surface area contributed by atoms with Gasteiger partial charge >= 0.3 is 0 Å². The SMILES string of the molecule is CC1CC2CC(C)C(CCCOc3ccc(CCC(N)(CO)CO)cc3)C(C1)C2. The van der Waals surface area contributed by atoms with Gasteiger partial charge in [-0.05, 0) is 98.7 Å². The summed E-state index contributed by atoms with van der Waals surface area (Å²) in [6.45, 7) is 5.30. The second-order valence-corrected chi connectivity index (χ2v) is 10.1. The molecule has 5 unspecified atom stereocenters. The monoisotopic (exact) mass is 403 g/mol. The number of aryl methyl sites for hydroxylation is 1. The van der Waals surface area contributed by atoms with Gasteiger partial charge in [0.05, 0.1) is 25.4 Å². The summed E-state index contributed by atoms with van der Waals surface area (Å²) in [4.78, 5) is 0. The van der Waals surface area contributed by atoms with Crippen LogP contribution in [0.5, 0.6) is 5.75 Å². The largest absolute Gasteiger partial charge is 0.494 e. The van der Waals surface area contributed by atoms with Crippen LogP contribution in [0, 0.1) is 29.6 Å². The predicted molar refractivity (Wildman–Crippen MR) is 118 cm³/mol. The lowest BCUT2D eigenvalue weighted by Crippen LogP contribution is -2.47. The van der Waals surface area contributed by atoms with E-state index >= 15 is 0 Å². The van der Waals surface area contributed by atoms with Crippen LogP contribution in [0.3, 0.4) is 0 Å². The highest BCUT2D eigenvalue weighted by Crippen LogP contribution is 2.49. The summed E-state index contributed by atoms with van der Waals surface area (Å²) in [7, 11) is 0. The smallest absolute Gasteiger partial charge is 0.119 e. The van der Waals surface area contributed by atoms with Crippen molar-refractivity contribution >= 4 is 0 Å². The molecule has 4 heteroatoms. The Morgan fingerprint density at radius 3 is 2.45 bits per heavy atom. The predicted octanol–water partition coefficient (Wildman–Crippen LogP) is 4.17. The van der Waals surface area contributed by atoms with Crippen molar-refractivity contribution in [2.45, 2.75) is 70.8 Å². The molecule has 0 saturated heterocycles. The summed E-state index contributed by atoms with van der Waals surface area (Å²) in [5.41, 5.74) is 6.18. The Labute approximate surface area is 176 Å². The number of aliphatic hydroxyl groups excluding tert-OH is 2. The zero-order valence-corrected chi connectivity index (χ0v) is 18.4. The van der Waals surface area contributed by atoms with Gasteiger partial charge in [-0.15, -0.1) is 0 Å². The highest BCUT2D eigenvalue weighted by molar-refractivity contribution is 5.27. The van der Waals surface area contributed by atoms with Crippen molar-refractivity contribution in [3.05, 3.63) is 29.8 Å². The van der Waals surface area contributed by atoms with Crippen molar-refractivity contribution < 1.29 is 14.9 Å². The quantitative estimate of drug-likeness (QED) is 0.513. The summed E-state index contributed by atoms with van der Waals surface area (Å²) in [6, 6.07) is 8.14. The van der Waals surface area contributed by atoms with Crippen LogP contribution in [0.25, 0.3) is 0 Å². The van der Waals surface area contributed by atoms with Crippen LogP contribution in [-0.4, -0.2) is 35.6 Å². The molecule has 0 amide bonds. The molecule has 0 spiro atoms. The topological polar surface area (TPSA) is 75.7 Å². The molecule has 2 aliphatic carbocycles. The average Bonchev–Trinajstić information content (AvgIpc) is 2.71. The van der Waals surface area contributed by atoms with Gasteiger partial charge in [-0.25, -0.2) is 0 Å². The minimum atomic E-state index is -0.901. The number of aliphatic hydroxyl groups is 2. The molecule has 0 aliphatic heterocycles. The molecule has 5 atom stereocenters. The lowest BCUT2D eigenvalue weighted by Gasteiger charge is -2.46. The molecule has 4 nitrogen and oxygen atoms in total. The Hall–Kier alpha value is -1.10. The van der Waals surface area contributed by atoms with Gasteiger partial charge in [-0.1, -0.05) is 26.0 Å². The van der Waals surface area contributed by atoms with E-state index in [4.69, 9.17) is 10.5 Å². The molecule has 2 saturated carbocycles. The number of nitrogens with two attached hydrogens (primary N) is 1. The Balaban J connectivity index is 1.39. The van der Waals surface area contributed by atoms with Crippen molar-refractivity contribution in [1.29, 1.82) is 0 Å². The van der Waals surface area contributed by atoms with Crippen LogP contribution in [0.15, 0.2) is 24.3 Å². The van der Waals surface area contributed by atoms with Crippen LogP contribution in [0.1, 0.15) is 64.4 Å². The third kappa shape index (κ3) is 6.19. The maximum Gasteiger partial charge on any atom is 0.119 e. The minimum Gasteiger partial charge on any atom is -0.494 e. The van der Waals surface area contributed by atoms with Gasteiger partial charge in [-0.2, -0.15) is 0 Å². The van der Waals surface area contributed by atoms with E-state index < -0.39 is 5.54 Å². The number of benzene rings is 1. The van der Waals surface area contributed by atoms with Crippen LogP contribution in [-0.2, 0) is 6.42 Å². The molecule has 2 aliphatic rings. The van der Waals surface area contributed by atoms with Gasteiger partial charge in [0.1, 0.15) is 5.75 Å². The van der Waals surface area contributed by atoms with E-state index in [0.717, 1.165) is 60.4 Å². The first-order chi connectivity index (χ1) is 13.9. The Morgan fingerprint density at radius 2 is 1.76 bits per heavy atom. The molecule has 4 N–H and O–H groups in total. The van der Waals surface area contributed by atoms with Crippen molar-refractivity contribution in [2.75, 3.05) is 19.8 Å². The Bertz CT molecular complexity index is 609. The first-order valence-corrected chi connectivity index (χ1v) is 11.6. The van der Waals surface area contributed by atoms with E-state index in [9.17, 15) is 10.2 Å². The van der Waals surface area contributed by atoms with E-state index in [1.165, 1.54) is 32.1 Å². The average molecular weight is 404 g/mol. The van der Waals surface area contributed by atoms with E-state index in [1.54, 1.807) is 0 Å². The normalized spacial score (nSPS) is 29.6. The van der Waals surface area contributed by atoms with E-state index in [2.05, 4.69) is 26.0 Å². The molecule has 164 valence electrons. The number of ether oxygens (including phenoxy) is 1. The van der Waals surface area contributed by atoms with Crippen LogP contribution in [0.4, 0.5) is 0 Å². The standard InChI is InChI=1S/C25H41NO3/c1-18-12-21-14-19(2)24(22(13-18)15-21)4-3-11-29-23-7-5-20(6-8-23)9-10-25(26,16-27)17-28/h5-8,18-19,21-22,24,27-28H,3-4,9-17,26H2,1-2H3. The molecule has 3 rings (SSSR count). The summed E-state index contributed by atoms with van der Waals surface area (Å²) < 4.78 is 6.00. The van der Waals surface area contributed by atoms with Crippen molar-refractivity contribution in [3.63, 3.8) is 0 Å². The highest BCUT2D eigenvalue weighted by atomic mass is 16.5. The van der Waals surface area contributed by atoms with Crippen LogP contribution >= 0.6 is 0 Å². The first kappa shape index (κ1) is 22.6. The molecular weight excluding hydrogens is 362 g/mol. The second kappa shape index (κ2) is 10.3. The molecular formula is C25H41NO3. The first-order valence-electron chi connectivity index (χ1n) is 11.6.